The number of hydrogen-bond acceptors (Lipinski definition) is 5. The van der Waals surface area contributed by atoms with E-state index in [2.05, 4.69) is 5.32 Å². The molecule has 0 saturated carbocycles. The van der Waals surface area contributed by atoms with Gasteiger partial charge in [0.2, 0.25) is 10.0 Å². The lowest BCUT2D eigenvalue weighted by atomic mass is 10.1. The molecule has 0 radical (unpaired) electrons. The summed E-state index contributed by atoms with van der Waals surface area (Å²) in [7, 11) is -3.83. The molecule has 0 atom stereocenters. The first-order valence-corrected chi connectivity index (χ1v) is 12.3. The molecule has 7 nitrogen and oxygen atoms in total. The van der Waals surface area contributed by atoms with Crippen molar-refractivity contribution in [1.82, 2.24) is 4.31 Å². The molecule has 1 fully saturated rings. The minimum atomic E-state index is -3.83. The Morgan fingerprint density at radius 1 is 1.03 bits per heavy atom. The molecule has 1 saturated heterocycles. The summed E-state index contributed by atoms with van der Waals surface area (Å²) in [5.74, 6) is -1.40. The first-order valence-electron chi connectivity index (χ1n) is 10.1. The predicted molar refractivity (Wildman–Crippen MR) is 124 cm³/mol. The van der Waals surface area contributed by atoms with Gasteiger partial charge in [0.1, 0.15) is 4.90 Å². The van der Waals surface area contributed by atoms with Gasteiger partial charge in [-0.1, -0.05) is 35.7 Å². The van der Waals surface area contributed by atoms with E-state index < -0.39 is 28.5 Å². The summed E-state index contributed by atoms with van der Waals surface area (Å²) in [6.07, 6.45) is 2.53. The highest BCUT2D eigenvalue weighted by molar-refractivity contribution is 7.89. The fraction of sp³-hybridized carbons (Fsp3) is 0.364. The Kier molecular flexibility index (Phi) is 7.82. The number of carbonyl (C=O) groups is 2. The van der Waals surface area contributed by atoms with E-state index in [9.17, 15) is 18.0 Å². The van der Waals surface area contributed by atoms with Crippen molar-refractivity contribution in [2.45, 2.75) is 38.0 Å². The summed E-state index contributed by atoms with van der Waals surface area (Å²) in [5.41, 5.74) is 2.16. The van der Waals surface area contributed by atoms with E-state index in [1.54, 1.807) is 13.0 Å². The van der Waals surface area contributed by atoms with Crippen LogP contribution in [0.4, 0.5) is 5.69 Å². The molecule has 0 aromatic heterocycles. The molecule has 1 amide bonds. The molecule has 0 unspecified atom stereocenters. The lowest BCUT2D eigenvalue weighted by Crippen LogP contribution is -2.35. The lowest BCUT2D eigenvalue weighted by Gasteiger charge is -2.26. The van der Waals surface area contributed by atoms with Crippen molar-refractivity contribution in [1.29, 1.82) is 0 Å². The largest absolute Gasteiger partial charge is 0.452 e. The third-order valence-electron chi connectivity index (χ3n) is 5.13. The molecule has 0 bridgehead atoms. The third-order valence-corrected chi connectivity index (χ3v) is 7.81. The van der Waals surface area contributed by atoms with Gasteiger partial charge < -0.3 is 10.1 Å². The van der Waals surface area contributed by atoms with Crippen molar-refractivity contribution in [2.24, 2.45) is 0 Å². The molecule has 1 N–H and O–H groups in total. The molecule has 0 spiro atoms. The molecule has 10 heteroatoms. The highest BCUT2D eigenvalue weighted by Gasteiger charge is 2.29. The van der Waals surface area contributed by atoms with Gasteiger partial charge >= 0.3 is 5.97 Å². The van der Waals surface area contributed by atoms with Crippen molar-refractivity contribution >= 4 is 50.8 Å². The Morgan fingerprint density at radius 3 is 2.38 bits per heavy atom. The summed E-state index contributed by atoms with van der Waals surface area (Å²) in [6.45, 7) is 3.96. The average molecular weight is 499 g/mol. The Balaban J connectivity index is 1.69. The molecule has 2 aromatic rings. The van der Waals surface area contributed by atoms with E-state index in [-0.39, 0.29) is 15.5 Å². The summed E-state index contributed by atoms with van der Waals surface area (Å²) in [4.78, 5) is 24.6. The van der Waals surface area contributed by atoms with E-state index in [0.29, 0.717) is 23.8 Å². The van der Waals surface area contributed by atoms with Crippen LogP contribution in [-0.4, -0.2) is 44.3 Å². The van der Waals surface area contributed by atoms with E-state index in [4.69, 9.17) is 27.9 Å². The van der Waals surface area contributed by atoms with Gasteiger partial charge in [-0.3, -0.25) is 4.79 Å². The van der Waals surface area contributed by atoms with Gasteiger partial charge in [0.05, 0.1) is 21.3 Å². The van der Waals surface area contributed by atoms with E-state index in [1.165, 1.54) is 22.5 Å². The Morgan fingerprint density at radius 2 is 1.72 bits per heavy atom. The van der Waals surface area contributed by atoms with Crippen LogP contribution in [0.25, 0.3) is 0 Å². The number of carbonyl (C=O) groups excluding carboxylic acids is 2. The molecule has 2 aromatic carbocycles. The molecule has 1 heterocycles. The normalized spacial score (nSPS) is 14.8. The number of ether oxygens (including phenoxy) is 1. The van der Waals surface area contributed by atoms with Crippen LogP contribution in [0.3, 0.4) is 0 Å². The fourth-order valence-electron chi connectivity index (χ4n) is 3.54. The molecule has 32 heavy (non-hydrogen) atoms. The lowest BCUT2D eigenvalue weighted by molar-refractivity contribution is -0.119. The van der Waals surface area contributed by atoms with Crippen molar-refractivity contribution in [3.63, 3.8) is 0 Å². The third kappa shape index (κ3) is 5.61. The van der Waals surface area contributed by atoms with Gasteiger partial charge in [-0.05, 0) is 62.1 Å². The molecule has 1 aliphatic rings. The van der Waals surface area contributed by atoms with Gasteiger partial charge in [-0.25, -0.2) is 13.2 Å². The number of piperidine rings is 1. The zero-order valence-corrected chi connectivity index (χ0v) is 20.1. The second-order valence-corrected chi connectivity index (χ2v) is 10.4. The quantitative estimate of drug-likeness (QED) is 0.588. The number of nitrogens with zero attached hydrogens (tertiary/aromatic N) is 1. The van der Waals surface area contributed by atoms with Crippen LogP contribution < -0.4 is 5.32 Å². The van der Waals surface area contributed by atoms with Crippen molar-refractivity contribution in [3.8, 4) is 0 Å². The SMILES string of the molecule is Cc1cc(C)c(NC(=O)COC(=O)c2ccc(Cl)c(S(=O)(=O)N3CCCCC3)c2)c(Cl)c1. The number of rotatable bonds is 6. The molecule has 172 valence electrons. The fourth-order valence-corrected chi connectivity index (χ4v) is 5.92. The van der Waals surface area contributed by atoms with Crippen molar-refractivity contribution in [2.75, 3.05) is 25.0 Å². The highest BCUT2D eigenvalue weighted by atomic mass is 35.5. The second kappa shape index (κ2) is 10.2. The molecule has 0 aliphatic carbocycles. The molecular formula is C22H24Cl2N2O5S. The topological polar surface area (TPSA) is 92.8 Å². The van der Waals surface area contributed by atoms with Gasteiger partial charge in [-0.15, -0.1) is 0 Å². The maximum absolute atomic E-state index is 13.0. The summed E-state index contributed by atoms with van der Waals surface area (Å²) >= 11 is 12.3. The number of esters is 1. The number of benzene rings is 2. The number of halogens is 2. The van der Waals surface area contributed by atoms with E-state index in [0.717, 1.165) is 30.4 Å². The van der Waals surface area contributed by atoms with Crippen LogP contribution in [0.15, 0.2) is 35.2 Å². The molecular weight excluding hydrogens is 475 g/mol. The maximum atomic E-state index is 13.0. The Labute approximate surface area is 197 Å². The van der Waals surface area contributed by atoms with Crippen LogP contribution in [0.1, 0.15) is 40.7 Å². The van der Waals surface area contributed by atoms with Gasteiger partial charge in [0, 0.05) is 13.1 Å². The second-order valence-electron chi connectivity index (χ2n) is 7.67. The van der Waals surface area contributed by atoms with E-state index in [1.807, 2.05) is 13.0 Å². The maximum Gasteiger partial charge on any atom is 0.338 e. The average Bonchev–Trinajstić information content (AvgIpc) is 2.75. The number of aryl methyl sites for hydroxylation is 2. The minimum Gasteiger partial charge on any atom is -0.452 e. The smallest absolute Gasteiger partial charge is 0.338 e. The first kappa shape index (κ1) is 24.5. The predicted octanol–water partition coefficient (Wildman–Crippen LogP) is 4.58. The standard InChI is InChI=1S/C22H24Cl2N2O5S/c1-14-10-15(2)21(18(24)11-14)25-20(27)13-31-22(28)16-6-7-17(23)19(12-16)32(29,30)26-8-4-3-5-9-26/h6-7,10-12H,3-5,8-9,13H2,1-2H3,(H,25,27). The Bertz CT molecular complexity index is 1120. The monoisotopic (exact) mass is 498 g/mol. The number of hydrogen-bond donors (Lipinski definition) is 1. The number of amides is 1. The number of anilines is 1. The van der Waals surface area contributed by atoms with Gasteiger partial charge in [0.15, 0.2) is 6.61 Å². The Hall–Kier alpha value is -2.13. The zero-order valence-electron chi connectivity index (χ0n) is 17.8. The van der Waals surface area contributed by atoms with Gasteiger partial charge in [0.25, 0.3) is 5.91 Å². The highest BCUT2D eigenvalue weighted by Crippen LogP contribution is 2.29. The zero-order chi connectivity index (χ0) is 23.5. The van der Waals surface area contributed by atoms with E-state index >= 15 is 0 Å². The number of nitrogens with one attached hydrogen (secondary N) is 1. The molecule has 3 rings (SSSR count). The summed E-state index contributed by atoms with van der Waals surface area (Å²) in [6, 6.07) is 7.47. The van der Waals surface area contributed by atoms with Crippen molar-refractivity contribution in [3.05, 3.63) is 57.1 Å². The first-order chi connectivity index (χ1) is 15.1. The summed E-state index contributed by atoms with van der Waals surface area (Å²) in [5, 5.41) is 3.03. The van der Waals surface area contributed by atoms with Crippen LogP contribution >= 0.6 is 23.2 Å². The van der Waals surface area contributed by atoms with Crippen LogP contribution in [0, 0.1) is 13.8 Å². The van der Waals surface area contributed by atoms with Gasteiger partial charge in [-0.2, -0.15) is 4.31 Å². The van der Waals surface area contributed by atoms with Crippen molar-refractivity contribution < 1.29 is 22.7 Å². The minimum absolute atomic E-state index is 0.0117. The van der Waals surface area contributed by atoms with Crippen LogP contribution in [0.2, 0.25) is 10.0 Å². The summed E-state index contributed by atoms with van der Waals surface area (Å²) < 4.78 is 32.3. The van der Waals surface area contributed by atoms with Crippen LogP contribution in [-0.2, 0) is 19.6 Å². The molecule has 1 aliphatic heterocycles. The van der Waals surface area contributed by atoms with Crippen LogP contribution in [0.5, 0.6) is 0 Å². The number of sulfonamides is 1.